The molecule has 154 valence electrons. The SMILES string of the molecule is CNc1cc(Nc2ncc(C(=O)N3CCOCC3)cc2OC)nc2[nH]cc(C#N)c12. The summed E-state index contributed by atoms with van der Waals surface area (Å²) in [6.45, 7) is 2.17. The van der Waals surface area contributed by atoms with Crippen molar-refractivity contribution in [2.75, 3.05) is 51.1 Å². The van der Waals surface area contributed by atoms with Crippen molar-refractivity contribution in [1.29, 1.82) is 5.26 Å². The first kappa shape index (κ1) is 19.5. The zero-order valence-corrected chi connectivity index (χ0v) is 16.7. The lowest BCUT2D eigenvalue weighted by molar-refractivity contribution is 0.0302. The molecule has 0 bridgehead atoms. The van der Waals surface area contributed by atoms with Crippen molar-refractivity contribution >= 4 is 34.3 Å². The van der Waals surface area contributed by atoms with E-state index in [2.05, 4.69) is 31.7 Å². The van der Waals surface area contributed by atoms with Crippen LogP contribution in [0.15, 0.2) is 24.5 Å². The van der Waals surface area contributed by atoms with Crippen LogP contribution in [-0.2, 0) is 4.74 Å². The third-order valence-electron chi connectivity index (χ3n) is 4.90. The maximum atomic E-state index is 12.7. The molecule has 1 amide bonds. The molecule has 1 aliphatic rings. The molecule has 4 heterocycles. The van der Waals surface area contributed by atoms with E-state index in [0.29, 0.717) is 60.5 Å². The van der Waals surface area contributed by atoms with Gasteiger partial charge < -0.3 is 30.0 Å². The smallest absolute Gasteiger partial charge is 0.255 e. The van der Waals surface area contributed by atoms with E-state index in [0.717, 1.165) is 11.1 Å². The number of ether oxygens (including phenoxy) is 2. The molecule has 3 aromatic rings. The van der Waals surface area contributed by atoms with Gasteiger partial charge in [-0.3, -0.25) is 4.79 Å². The molecule has 30 heavy (non-hydrogen) atoms. The molecule has 10 nitrogen and oxygen atoms in total. The van der Waals surface area contributed by atoms with Gasteiger partial charge in [0.2, 0.25) is 0 Å². The Bertz CT molecular complexity index is 1130. The van der Waals surface area contributed by atoms with Crippen LogP contribution in [0.4, 0.5) is 17.3 Å². The maximum absolute atomic E-state index is 12.7. The molecule has 0 aliphatic carbocycles. The third-order valence-corrected chi connectivity index (χ3v) is 4.90. The van der Waals surface area contributed by atoms with E-state index in [1.165, 1.54) is 13.3 Å². The van der Waals surface area contributed by atoms with Gasteiger partial charge in [-0.2, -0.15) is 5.26 Å². The number of anilines is 3. The number of carbonyl (C=O) groups excluding carboxylic acids is 1. The van der Waals surface area contributed by atoms with E-state index in [1.807, 2.05) is 0 Å². The molecule has 1 saturated heterocycles. The second-order valence-electron chi connectivity index (χ2n) is 6.65. The van der Waals surface area contributed by atoms with E-state index >= 15 is 0 Å². The molecule has 0 saturated carbocycles. The summed E-state index contributed by atoms with van der Waals surface area (Å²) >= 11 is 0. The van der Waals surface area contributed by atoms with Crippen molar-refractivity contribution in [3.8, 4) is 11.8 Å². The number of nitrogens with one attached hydrogen (secondary N) is 3. The van der Waals surface area contributed by atoms with Crippen LogP contribution in [0.2, 0.25) is 0 Å². The molecule has 0 atom stereocenters. The Labute approximate surface area is 172 Å². The third kappa shape index (κ3) is 3.58. The van der Waals surface area contributed by atoms with Gasteiger partial charge in [-0.15, -0.1) is 0 Å². The van der Waals surface area contributed by atoms with Crippen LogP contribution >= 0.6 is 0 Å². The van der Waals surface area contributed by atoms with Crippen LogP contribution in [-0.4, -0.2) is 66.2 Å². The van der Waals surface area contributed by atoms with Gasteiger partial charge in [0, 0.05) is 44.3 Å². The van der Waals surface area contributed by atoms with Crippen molar-refractivity contribution in [1.82, 2.24) is 19.9 Å². The summed E-state index contributed by atoms with van der Waals surface area (Å²) in [5.74, 6) is 1.25. The molecule has 1 fully saturated rings. The molecule has 0 radical (unpaired) electrons. The minimum Gasteiger partial charge on any atom is -0.493 e. The number of methoxy groups -OCH3 is 1. The summed E-state index contributed by atoms with van der Waals surface area (Å²) in [5, 5.41) is 16.2. The summed E-state index contributed by atoms with van der Waals surface area (Å²) in [4.78, 5) is 26.3. The van der Waals surface area contributed by atoms with E-state index in [1.54, 1.807) is 30.3 Å². The second-order valence-corrected chi connectivity index (χ2v) is 6.65. The number of aromatic amines is 1. The second kappa shape index (κ2) is 8.26. The lowest BCUT2D eigenvalue weighted by atomic mass is 10.2. The van der Waals surface area contributed by atoms with Crippen molar-refractivity contribution < 1.29 is 14.3 Å². The number of morpholine rings is 1. The Morgan fingerprint density at radius 2 is 2.17 bits per heavy atom. The Morgan fingerprint density at radius 1 is 1.37 bits per heavy atom. The van der Waals surface area contributed by atoms with Crippen LogP contribution in [0, 0.1) is 11.3 Å². The monoisotopic (exact) mass is 407 g/mol. The molecule has 0 aromatic carbocycles. The zero-order chi connectivity index (χ0) is 21.1. The highest BCUT2D eigenvalue weighted by atomic mass is 16.5. The first-order chi connectivity index (χ1) is 14.6. The van der Waals surface area contributed by atoms with Gasteiger partial charge in [-0.05, 0) is 6.07 Å². The average molecular weight is 407 g/mol. The van der Waals surface area contributed by atoms with Gasteiger partial charge in [0.25, 0.3) is 5.91 Å². The highest BCUT2D eigenvalue weighted by molar-refractivity contribution is 5.97. The normalized spacial score (nSPS) is 13.7. The number of hydrogen-bond acceptors (Lipinski definition) is 8. The summed E-state index contributed by atoms with van der Waals surface area (Å²) in [6, 6.07) is 5.59. The number of pyridine rings is 2. The van der Waals surface area contributed by atoms with E-state index in [4.69, 9.17) is 9.47 Å². The summed E-state index contributed by atoms with van der Waals surface area (Å²) in [5.41, 5.74) is 2.27. The van der Waals surface area contributed by atoms with Crippen LogP contribution in [0.5, 0.6) is 5.75 Å². The van der Waals surface area contributed by atoms with Crippen LogP contribution < -0.4 is 15.4 Å². The van der Waals surface area contributed by atoms with Crippen molar-refractivity contribution in [3.63, 3.8) is 0 Å². The predicted octanol–water partition coefficient (Wildman–Crippen LogP) is 2.10. The summed E-state index contributed by atoms with van der Waals surface area (Å²) < 4.78 is 10.7. The van der Waals surface area contributed by atoms with Crippen LogP contribution in [0.3, 0.4) is 0 Å². The molecule has 1 aliphatic heterocycles. The molecule has 4 rings (SSSR count). The molecule has 0 unspecified atom stereocenters. The minimum absolute atomic E-state index is 0.108. The van der Waals surface area contributed by atoms with Gasteiger partial charge in [0.1, 0.15) is 17.5 Å². The first-order valence-corrected chi connectivity index (χ1v) is 9.42. The fourth-order valence-electron chi connectivity index (χ4n) is 3.37. The summed E-state index contributed by atoms with van der Waals surface area (Å²) in [7, 11) is 3.29. The molecule has 10 heteroatoms. The minimum atomic E-state index is -0.108. The number of aromatic nitrogens is 3. The Kier molecular flexibility index (Phi) is 5.36. The van der Waals surface area contributed by atoms with E-state index < -0.39 is 0 Å². The number of amides is 1. The van der Waals surface area contributed by atoms with Gasteiger partial charge in [0.15, 0.2) is 11.6 Å². The van der Waals surface area contributed by atoms with Crippen LogP contribution in [0.1, 0.15) is 15.9 Å². The predicted molar refractivity (Wildman–Crippen MR) is 111 cm³/mol. The number of rotatable bonds is 5. The first-order valence-electron chi connectivity index (χ1n) is 9.42. The number of nitriles is 1. The number of carbonyl (C=O) groups is 1. The largest absolute Gasteiger partial charge is 0.493 e. The number of nitrogens with zero attached hydrogens (tertiary/aromatic N) is 4. The highest BCUT2D eigenvalue weighted by Crippen LogP contribution is 2.31. The molecule has 3 aromatic heterocycles. The number of fused-ring (bicyclic) bond motifs is 1. The quantitative estimate of drug-likeness (QED) is 0.587. The Hall–Kier alpha value is -3.84. The van der Waals surface area contributed by atoms with E-state index in [-0.39, 0.29) is 5.91 Å². The highest BCUT2D eigenvalue weighted by Gasteiger charge is 2.21. The molecular formula is C20H21N7O3. The molecule has 3 N–H and O–H groups in total. The number of hydrogen-bond donors (Lipinski definition) is 3. The van der Waals surface area contributed by atoms with Crippen molar-refractivity contribution in [2.24, 2.45) is 0 Å². The Balaban J connectivity index is 1.63. The number of H-pyrrole nitrogens is 1. The van der Waals surface area contributed by atoms with Crippen molar-refractivity contribution in [3.05, 3.63) is 35.7 Å². The van der Waals surface area contributed by atoms with Gasteiger partial charge in [-0.25, -0.2) is 9.97 Å². The average Bonchev–Trinajstić information content (AvgIpc) is 3.22. The Morgan fingerprint density at radius 3 is 2.87 bits per heavy atom. The van der Waals surface area contributed by atoms with E-state index in [9.17, 15) is 10.1 Å². The standard InChI is InChI=1S/C20H21N7O3/c1-22-14-8-16(26-19-17(14)13(9-21)11-24-19)25-18-15(29-2)7-12(10-23-18)20(28)27-3-5-30-6-4-27/h7-8,10-11H,3-6H2,1-2H3,(H3,22,23,24,25,26). The molecular weight excluding hydrogens is 386 g/mol. The van der Waals surface area contributed by atoms with Gasteiger partial charge in [0.05, 0.1) is 36.8 Å². The van der Waals surface area contributed by atoms with Gasteiger partial charge in [-0.1, -0.05) is 0 Å². The van der Waals surface area contributed by atoms with Gasteiger partial charge >= 0.3 is 0 Å². The molecule has 0 spiro atoms. The van der Waals surface area contributed by atoms with Crippen molar-refractivity contribution in [2.45, 2.75) is 0 Å². The maximum Gasteiger partial charge on any atom is 0.255 e. The fourth-order valence-corrected chi connectivity index (χ4v) is 3.37. The lowest BCUT2D eigenvalue weighted by Crippen LogP contribution is -2.40. The topological polar surface area (TPSA) is 128 Å². The van der Waals surface area contributed by atoms with Crippen LogP contribution in [0.25, 0.3) is 11.0 Å². The zero-order valence-electron chi connectivity index (χ0n) is 16.7. The fraction of sp³-hybridized carbons (Fsp3) is 0.300. The summed E-state index contributed by atoms with van der Waals surface area (Å²) in [6.07, 6.45) is 3.13. The lowest BCUT2D eigenvalue weighted by Gasteiger charge is -2.27.